The van der Waals surface area contributed by atoms with Crippen molar-refractivity contribution < 1.29 is 19.1 Å². The molecule has 2 heterocycles. The van der Waals surface area contributed by atoms with E-state index in [9.17, 15) is 9.59 Å². The molecule has 1 amide bonds. The topological polar surface area (TPSA) is 93.6 Å². The maximum absolute atomic E-state index is 12.4. The summed E-state index contributed by atoms with van der Waals surface area (Å²) in [7, 11) is 0. The van der Waals surface area contributed by atoms with Crippen LogP contribution < -0.4 is 10.2 Å². The van der Waals surface area contributed by atoms with Gasteiger partial charge in [0.05, 0.1) is 12.3 Å². The number of alkyl carbamates (subject to hydrolysis) is 1. The lowest BCUT2D eigenvalue weighted by Gasteiger charge is -2.40. The Balaban J connectivity index is 2.06. The predicted molar refractivity (Wildman–Crippen MR) is 114 cm³/mol. The molecule has 29 heavy (non-hydrogen) atoms. The first-order valence-electron chi connectivity index (χ1n) is 9.87. The number of halogens is 1. The molecule has 0 spiro atoms. The molecule has 1 saturated heterocycles. The van der Waals surface area contributed by atoms with Crippen molar-refractivity contribution in [3.63, 3.8) is 0 Å². The Bertz CT molecular complexity index is 756. The lowest BCUT2D eigenvalue weighted by atomic mass is 9.80. The van der Waals surface area contributed by atoms with Crippen molar-refractivity contribution in [1.29, 1.82) is 0 Å². The highest BCUT2D eigenvalue weighted by Crippen LogP contribution is 2.33. The van der Waals surface area contributed by atoms with Gasteiger partial charge in [-0.1, -0.05) is 6.92 Å². The van der Waals surface area contributed by atoms with Crippen molar-refractivity contribution in [2.45, 2.75) is 60.0 Å². The number of amides is 1. The molecule has 0 radical (unpaired) electrons. The number of anilines is 1. The van der Waals surface area contributed by atoms with Crippen molar-refractivity contribution in [3.05, 3.63) is 16.0 Å². The molecule has 1 N–H and O–H groups in total. The summed E-state index contributed by atoms with van der Waals surface area (Å²) in [6.07, 6.45) is 1.27. The number of nitrogens with zero attached hydrogens (tertiary/aromatic N) is 3. The van der Waals surface area contributed by atoms with Crippen LogP contribution in [0.25, 0.3) is 0 Å². The largest absolute Gasteiger partial charge is 0.461 e. The Morgan fingerprint density at radius 1 is 1.24 bits per heavy atom. The van der Waals surface area contributed by atoms with Crippen molar-refractivity contribution in [2.24, 2.45) is 5.41 Å². The molecular weight excluding hydrogens is 440 g/mol. The second kappa shape index (κ2) is 9.28. The highest BCUT2D eigenvalue weighted by atomic mass is 79.9. The number of aryl methyl sites for hydroxylation is 1. The van der Waals surface area contributed by atoms with E-state index in [4.69, 9.17) is 9.47 Å². The molecule has 0 aliphatic carbocycles. The Labute approximate surface area is 180 Å². The number of piperidine rings is 1. The van der Waals surface area contributed by atoms with Crippen LogP contribution in [0, 0.1) is 12.3 Å². The third-order valence-electron chi connectivity index (χ3n) is 4.79. The fraction of sp³-hybridized carbons (Fsp3) is 0.700. The zero-order valence-corrected chi connectivity index (χ0v) is 19.7. The minimum atomic E-state index is -0.518. The zero-order valence-electron chi connectivity index (χ0n) is 18.1. The van der Waals surface area contributed by atoms with E-state index in [0.717, 1.165) is 12.8 Å². The second-order valence-electron chi connectivity index (χ2n) is 8.65. The maximum atomic E-state index is 12.4. The van der Waals surface area contributed by atoms with Gasteiger partial charge in [0.15, 0.2) is 11.5 Å². The molecule has 1 aromatic heterocycles. The molecule has 1 aliphatic heterocycles. The van der Waals surface area contributed by atoms with Crippen LogP contribution >= 0.6 is 15.9 Å². The molecule has 0 atom stereocenters. The first-order valence-corrected chi connectivity index (χ1v) is 10.7. The first-order chi connectivity index (χ1) is 13.4. The standard InChI is InChI=1S/C20H31BrN4O4/c1-7-28-17(26)14-16(23-13(2)15(21)24-14)25-10-8-20(6,9-11-25)12-22-18(27)29-19(3,4)5/h7-12H2,1-6H3,(H,22,27). The van der Waals surface area contributed by atoms with Crippen LogP contribution in [-0.2, 0) is 9.47 Å². The third-order valence-corrected chi connectivity index (χ3v) is 5.54. The van der Waals surface area contributed by atoms with E-state index in [1.165, 1.54) is 0 Å². The number of esters is 1. The van der Waals surface area contributed by atoms with E-state index in [0.29, 0.717) is 35.7 Å². The van der Waals surface area contributed by atoms with Gasteiger partial charge >= 0.3 is 12.1 Å². The number of hydrogen-bond acceptors (Lipinski definition) is 7. The van der Waals surface area contributed by atoms with Crippen LogP contribution in [-0.4, -0.2) is 53.9 Å². The lowest BCUT2D eigenvalue weighted by Crippen LogP contribution is -2.46. The van der Waals surface area contributed by atoms with Gasteiger partial charge in [0, 0.05) is 19.6 Å². The van der Waals surface area contributed by atoms with Crippen LogP contribution in [0.3, 0.4) is 0 Å². The molecule has 2 rings (SSSR count). The van der Waals surface area contributed by atoms with Gasteiger partial charge < -0.3 is 19.7 Å². The van der Waals surface area contributed by atoms with E-state index >= 15 is 0 Å². The average Bonchev–Trinajstić information content (AvgIpc) is 2.62. The Morgan fingerprint density at radius 3 is 2.41 bits per heavy atom. The van der Waals surface area contributed by atoms with Crippen molar-refractivity contribution >= 4 is 33.8 Å². The summed E-state index contributed by atoms with van der Waals surface area (Å²) >= 11 is 3.34. The van der Waals surface area contributed by atoms with Gasteiger partial charge in [0.25, 0.3) is 0 Å². The normalized spacial score (nSPS) is 16.3. The Kier molecular flexibility index (Phi) is 7.48. The molecule has 0 bridgehead atoms. The molecule has 0 saturated carbocycles. The van der Waals surface area contributed by atoms with Gasteiger partial charge in [-0.25, -0.2) is 19.6 Å². The number of nitrogens with one attached hydrogen (secondary N) is 1. The number of carbonyl (C=O) groups excluding carboxylic acids is 2. The molecular formula is C20H31BrN4O4. The summed E-state index contributed by atoms with van der Waals surface area (Å²) < 4.78 is 11.0. The Morgan fingerprint density at radius 2 is 1.86 bits per heavy atom. The van der Waals surface area contributed by atoms with Crippen LogP contribution in [0.5, 0.6) is 0 Å². The quantitative estimate of drug-likeness (QED) is 0.652. The molecule has 0 aromatic carbocycles. The van der Waals surface area contributed by atoms with E-state index in [1.54, 1.807) is 6.92 Å². The molecule has 1 aliphatic rings. The monoisotopic (exact) mass is 470 g/mol. The summed E-state index contributed by atoms with van der Waals surface area (Å²) in [6.45, 7) is 13.5. The molecule has 8 nitrogen and oxygen atoms in total. The molecule has 1 aromatic rings. The van der Waals surface area contributed by atoms with Crippen molar-refractivity contribution in [1.82, 2.24) is 15.3 Å². The number of ether oxygens (including phenoxy) is 2. The van der Waals surface area contributed by atoms with Crippen LogP contribution in [0.15, 0.2) is 4.60 Å². The molecule has 1 fully saturated rings. The lowest BCUT2D eigenvalue weighted by molar-refractivity contribution is 0.0489. The number of aromatic nitrogens is 2. The van der Waals surface area contributed by atoms with Crippen molar-refractivity contribution in [2.75, 3.05) is 31.1 Å². The van der Waals surface area contributed by atoms with Gasteiger partial charge in [-0.15, -0.1) is 0 Å². The summed E-state index contributed by atoms with van der Waals surface area (Å²) in [4.78, 5) is 35.3. The highest BCUT2D eigenvalue weighted by Gasteiger charge is 2.33. The van der Waals surface area contributed by atoms with Gasteiger partial charge in [0.1, 0.15) is 10.2 Å². The fourth-order valence-corrected chi connectivity index (χ4v) is 3.34. The molecule has 0 unspecified atom stereocenters. The molecule has 9 heteroatoms. The average molecular weight is 471 g/mol. The minimum absolute atomic E-state index is 0.0602. The predicted octanol–water partition coefficient (Wildman–Crippen LogP) is 3.86. The summed E-state index contributed by atoms with van der Waals surface area (Å²) in [6, 6.07) is 0. The molecule has 162 valence electrons. The number of carbonyl (C=O) groups is 2. The second-order valence-corrected chi connectivity index (χ2v) is 9.40. The minimum Gasteiger partial charge on any atom is -0.461 e. The van der Waals surface area contributed by atoms with Crippen LogP contribution in [0.1, 0.15) is 63.6 Å². The SMILES string of the molecule is CCOC(=O)c1nc(Br)c(C)nc1N1CCC(C)(CNC(=O)OC(C)(C)C)CC1. The smallest absolute Gasteiger partial charge is 0.407 e. The summed E-state index contributed by atoms with van der Waals surface area (Å²) in [5, 5.41) is 2.88. The Hall–Kier alpha value is -1.90. The van der Waals surface area contributed by atoms with Gasteiger partial charge in [-0.3, -0.25) is 0 Å². The van der Waals surface area contributed by atoms with E-state index in [2.05, 4.69) is 43.0 Å². The number of rotatable bonds is 5. The van der Waals surface area contributed by atoms with E-state index in [-0.39, 0.29) is 17.7 Å². The summed E-state index contributed by atoms with van der Waals surface area (Å²) in [5.41, 5.74) is 0.360. The third kappa shape index (κ3) is 6.55. The van der Waals surface area contributed by atoms with Crippen LogP contribution in [0.2, 0.25) is 0 Å². The first kappa shape index (κ1) is 23.4. The fourth-order valence-electron chi connectivity index (χ4n) is 3.08. The van der Waals surface area contributed by atoms with Crippen molar-refractivity contribution in [3.8, 4) is 0 Å². The summed E-state index contributed by atoms with van der Waals surface area (Å²) in [5.74, 6) is 0.0712. The maximum Gasteiger partial charge on any atom is 0.407 e. The van der Waals surface area contributed by atoms with Crippen LogP contribution in [0.4, 0.5) is 10.6 Å². The number of hydrogen-bond donors (Lipinski definition) is 1. The highest BCUT2D eigenvalue weighted by molar-refractivity contribution is 9.10. The van der Waals surface area contributed by atoms with Gasteiger partial charge in [-0.05, 0) is 68.8 Å². The van der Waals surface area contributed by atoms with E-state index in [1.807, 2.05) is 27.7 Å². The zero-order chi connectivity index (χ0) is 21.8. The van der Waals surface area contributed by atoms with E-state index < -0.39 is 17.7 Å². The van der Waals surface area contributed by atoms with Gasteiger partial charge in [-0.2, -0.15) is 0 Å². The van der Waals surface area contributed by atoms with Gasteiger partial charge in [0.2, 0.25) is 0 Å².